The first-order valence-corrected chi connectivity index (χ1v) is 6.08. The van der Waals surface area contributed by atoms with Crippen LogP contribution in [-0.4, -0.2) is 0 Å². The molecule has 0 fully saturated rings. The van der Waals surface area contributed by atoms with E-state index in [4.69, 9.17) is 0 Å². The summed E-state index contributed by atoms with van der Waals surface area (Å²) in [5, 5.41) is 0. The number of halogens is 1. The molecule has 86 valence electrons. The van der Waals surface area contributed by atoms with Gasteiger partial charge in [0, 0.05) is 0 Å². The normalized spacial score (nSPS) is 21.3. The fourth-order valence-corrected chi connectivity index (χ4v) is 2.56. The lowest BCUT2D eigenvalue weighted by molar-refractivity contribution is 0.483. The highest BCUT2D eigenvalue weighted by atomic mass is 19.1. The van der Waals surface area contributed by atoms with Gasteiger partial charge in [0.05, 0.1) is 0 Å². The van der Waals surface area contributed by atoms with Crippen molar-refractivity contribution in [1.29, 1.82) is 0 Å². The van der Waals surface area contributed by atoms with E-state index in [1.807, 2.05) is 12.1 Å². The molecule has 16 heavy (non-hydrogen) atoms. The molecule has 0 aliphatic heterocycles. The number of benzene rings is 1. The van der Waals surface area contributed by atoms with Crippen LogP contribution in [0.4, 0.5) is 4.39 Å². The first kappa shape index (κ1) is 11.4. The Morgan fingerprint density at radius 1 is 1.25 bits per heavy atom. The molecule has 0 aromatic heterocycles. The van der Waals surface area contributed by atoms with E-state index in [-0.39, 0.29) is 5.82 Å². The second-order valence-electron chi connectivity index (χ2n) is 4.85. The summed E-state index contributed by atoms with van der Waals surface area (Å²) in [5.41, 5.74) is 3.85. The van der Waals surface area contributed by atoms with Gasteiger partial charge < -0.3 is 0 Å². The van der Waals surface area contributed by atoms with Gasteiger partial charge in [0.1, 0.15) is 5.82 Å². The van der Waals surface area contributed by atoms with Gasteiger partial charge in [-0.3, -0.25) is 0 Å². The maximum Gasteiger partial charge on any atom is 0.126 e. The van der Waals surface area contributed by atoms with Crippen molar-refractivity contribution in [3.63, 3.8) is 0 Å². The van der Waals surface area contributed by atoms with Crippen molar-refractivity contribution in [2.75, 3.05) is 0 Å². The van der Waals surface area contributed by atoms with Gasteiger partial charge in [-0.15, -0.1) is 0 Å². The minimum atomic E-state index is -0.0569. The van der Waals surface area contributed by atoms with Crippen LogP contribution < -0.4 is 0 Å². The highest BCUT2D eigenvalue weighted by molar-refractivity contribution is 5.23. The zero-order valence-corrected chi connectivity index (χ0v) is 10.1. The molecule has 0 saturated heterocycles. The van der Waals surface area contributed by atoms with Gasteiger partial charge in [-0.2, -0.15) is 0 Å². The molecule has 1 unspecified atom stereocenters. The molecule has 1 aliphatic carbocycles. The minimum Gasteiger partial charge on any atom is -0.207 e. The highest BCUT2D eigenvalue weighted by Gasteiger charge is 2.19. The molecule has 1 aromatic rings. The largest absolute Gasteiger partial charge is 0.207 e. The molecule has 2 rings (SSSR count). The summed E-state index contributed by atoms with van der Waals surface area (Å²) < 4.78 is 13.6. The van der Waals surface area contributed by atoms with Crippen LogP contribution in [0.1, 0.15) is 38.7 Å². The Bertz CT molecular complexity index is 404. The second-order valence-corrected chi connectivity index (χ2v) is 4.85. The molecule has 1 aliphatic rings. The van der Waals surface area contributed by atoms with Gasteiger partial charge in [0.25, 0.3) is 0 Å². The summed E-state index contributed by atoms with van der Waals surface area (Å²) in [6.07, 6.45) is 4.54. The average molecular weight is 218 g/mol. The average Bonchev–Trinajstić information content (AvgIpc) is 2.28. The van der Waals surface area contributed by atoms with E-state index in [1.165, 1.54) is 30.4 Å². The summed E-state index contributed by atoms with van der Waals surface area (Å²) in [4.78, 5) is 0. The van der Waals surface area contributed by atoms with E-state index in [1.54, 1.807) is 12.1 Å². The van der Waals surface area contributed by atoms with Gasteiger partial charge in [0.2, 0.25) is 0 Å². The van der Waals surface area contributed by atoms with Crippen LogP contribution in [0, 0.1) is 11.7 Å². The van der Waals surface area contributed by atoms with Crippen molar-refractivity contribution in [2.45, 2.75) is 39.5 Å². The first-order valence-electron chi connectivity index (χ1n) is 6.08. The first-order chi connectivity index (χ1) is 7.68. The summed E-state index contributed by atoms with van der Waals surface area (Å²) >= 11 is 0. The highest BCUT2D eigenvalue weighted by Crippen LogP contribution is 2.32. The standard InChI is InChI=1S/C15H19F/c1-11-6-5-8-13(12(11)2)10-14-7-3-4-9-15(14)16/h3-4,7,9,13H,5-6,8,10H2,1-2H3. The molecule has 1 atom stereocenters. The maximum absolute atomic E-state index is 13.6. The van der Waals surface area contributed by atoms with Crippen LogP contribution in [0.25, 0.3) is 0 Å². The predicted molar refractivity (Wildman–Crippen MR) is 65.8 cm³/mol. The van der Waals surface area contributed by atoms with Gasteiger partial charge in [0.15, 0.2) is 0 Å². The molecule has 0 nitrogen and oxygen atoms in total. The summed E-state index contributed by atoms with van der Waals surface area (Å²) in [5.74, 6) is 0.490. The van der Waals surface area contributed by atoms with E-state index in [0.717, 1.165) is 12.0 Å². The number of hydrogen-bond donors (Lipinski definition) is 0. The Morgan fingerprint density at radius 3 is 2.75 bits per heavy atom. The van der Waals surface area contributed by atoms with Crippen LogP contribution in [0.5, 0.6) is 0 Å². The van der Waals surface area contributed by atoms with Crippen molar-refractivity contribution in [3.8, 4) is 0 Å². The van der Waals surface area contributed by atoms with Crippen molar-refractivity contribution in [3.05, 3.63) is 46.8 Å². The quantitative estimate of drug-likeness (QED) is 0.641. The maximum atomic E-state index is 13.6. The van der Waals surface area contributed by atoms with Crippen molar-refractivity contribution in [1.82, 2.24) is 0 Å². The van der Waals surface area contributed by atoms with Crippen LogP contribution in [0.2, 0.25) is 0 Å². The molecule has 1 heteroatoms. The van der Waals surface area contributed by atoms with Gasteiger partial charge in [-0.25, -0.2) is 4.39 Å². The van der Waals surface area contributed by atoms with Crippen LogP contribution in [0.3, 0.4) is 0 Å². The Labute approximate surface area is 97.2 Å². The summed E-state index contributed by atoms with van der Waals surface area (Å²) in [6, 6.07) is 7.15. The smallest absolute Gasteiger partial charge is 0.126 e. The van der Waals surface area contributed by atoms with Gasteiger partial charge in [-0.05, 0) is 57.1 Å². The van der Waals surface area contributed by atoms with Crippen LogP contribution in [-0.2, 0) is 6.42 Å². The Hall–Kier alpha value is -1.11. The van der Waals surface area contributed by atoms with Crippen LogP contribution in [0.15, 0.2) is 35.4 Å². The number of allylic oxidation sites excluding steroid dienone is 2. The topological polar surface area (TPSA) is 0 Å². The molecule has 0 radical (unpaired) electrons. The Balaban J connectivity index is 2.16. The predicted octanol–water partition coefficient (Wildman–Crippen LogP) is 4.50. The molecular weight excluding hydrogens is 199 g/mol. The monoisotopic (exact) mass is 218 g/mol. The molecule has 0 N–H and O–H groups in total. The third-order valence-corrected chi connectivity index (χ3v) is 3.81. The van der Waals surface area contributed by atoms with Crippen LogP contribution >= 0.6 is 0 Å². The molecule has 0 saturated carbocycles. The third kappa shape index (κ3) is 2.34. The van der Waals surface area contributed by atoms with E-state index >= 15 is 0 Å². The summed E-state index contributed by atoms with van der Waals surface area (Å²) in [6.45, 7) is 4.42. The van der Waals surface area contributed by atoms with Crippen molar-refractivity contribution in [2.24, 2.45) is 5.92 Å². The fraction of sp³-hybridized carbons (Fsp3) is 0.467. The lowest BCUT2D eigenvalue weighted by atomic mass is 9.80. The molecule has 0 heterocycles. The van der Waals surface area contributed by atoms with E-state index in [2.05, 4.69) is 13.8 Å². The van der Waals surface area contributed by atoms with E-state index in [0.29, 0.717) is 5.92 Å². The number of hydrogen-bond acceptors (Lipinski definition) is 0. The van der Waals surface area contributed by atoms with Crippen molar-refractivity contribution >= 4 is 0 Å². The molecule has 0 amide bonds. The summed E-state index contributed by atoms with van der Waals surface area (Å²) in [7, 11) is 0. The van der Waals surface area contributed by atoms with E-state index in [9.17, 15) is 4.39 Å². The lowest BCUT2D eigenvalue weighted by Gasteiger charge is -2.25. The van der Waals surface area contributed by atoms with Gasteiger partial charge >= 0.3 is 0 Å². The van der Waals surface area contributed by atoms with E-state index < -0.39 is 0 Å². The SMILES string of the molecule is CC1=C(C)C(Cc2ccccc2F)CCC1. The molecule has 0 spiro atoms. The minimum absolute atomic E-state index is 0.0569. The molecular formula is C15H19F. The zero-order valence-electron chi connectivity index (χ0n) is 10.1. The Morgan fingerprint density at radius 2 is 2.00 bits per heavy atom. The third-order valence-electron chi connectivity index (χ3n) is 3.81. The Kier molecular flexibility index (Phi) is 3.42. The van der Waals surface area contributed by atoms with Crippen molar-refractivity contribution < 1.29 is 4.39 Å². The molecule has 0 bridgehead atoms. The lowest BCUT2D eigenvalue weighted by Crippen LogP contribution is -2.13. The zero-order chi connectivity index (χ0) is 11.5. The molecule has 1 aromatic carbocycles. The van der Waals surface area contributed by atoms with Gasteiger partial charge in [-0.1, -0.05) is 29.3 Å². The number of rotatable bonds is 2. The second kappa shape index (κ2) is 4.82. The fourth-order valence-electron chi connectivity index (χ4n) is 2.56.